The van der Waals surface area contributed by atoms with Crippen molar-refractivity contribution in [3.8, 4) is 11.5 Å². The van der Waals surface area contributed by atoms with Crippen LogP contribution in [0.2, 0.25) is 0 Å². The van der Waals surface area contributed by atoms with Crippen LogP contribution in [0.25, 0.3) is 0 Å². The fraction of sp³-hybridized carbons (Fsp3) is 0.278. The van der Waals surface area contributed by atoms with Gasteiger partial charge in [0.1, 0.15) is 11.5 Å². The molecule has 0 saturated carbocycles. The van der Waals surface area contributed by atoms with Crippen molar-refractivity contribution >= 4 is 11.6 Å². The first-order chi connectivity index (χ1) is 10.6. The van der Waals surface area contributed by atoms with E-state index in [1.807, 2.05) is 38.1 Å². The summed E-state index contributed by atoms with van der Waals surface area (Å²) < 4.78 is 10.9. The lowest BCUT2D eigenvalue weighted by Gasteiger charge is -2.18. The molecule has 0 radical (unpaired) electrons. The van der Waals surface area contributed by atoms with Gasteiger partial charge in [-0.15, -0.1) is 0 Å². The summed E-state index contributed by atoms with van der Waals surface area (Å²) in [6.45, 7) is 3.88. The maximum absolute atomic E-state index is 12.4. The third-order valence-corrected chi connectivity index (χ3v) is 3.40. The van der Waals surface area contributed by atoms with Crippen molar-refractivity contribution in [1.82, 2.24) is 0 Å². The molecule has 2 aromatic rings. The number of para-hydroxylation sites is 1. The zero-order valence-corrected chi connectivity index (χ0v) is 13.1. The Labute approximate surface area is 131 Å². The Hall–Kier alpha value is -2.49. The fourth-order valence-corrected chi connectivity index (χ4v) is 2.07. The van der Waals surface area contributed by atoms with E-state index in [0.29, 0.717) is 12.2 Å². The van der Waals surface area contributed by atoms with Gasteiger partial charge in [0.15, 0.2) is 6.10 Å². The number of carbonyl (C=O) groups is 1. The molecule has 0 bridgehead atoms. The van der Waals surface area contributed by atoms with Crippen LogP contribution in [-0.4, -0.2) is 19.1 Å². The summed E-state index contributed by atoms with van der Waals surface area (Å²) in [6.07, 6.45) is 0.0528. The Balaban J connectivity index is 2.03. The van der Waals surface area contributed by atoms with Crippen LogP contribution in [0, 0.1) is 6.92 Å². The van der Waals surface area contributed by atoms with Crippen molar-refractivity contribution in [3.63, 3.8) is 0 Å². The highest BCUT2D eigenvalue weighted by molar-refractivity contribution is 5.94. The Bertz CT molecular complexity index is 622. The highest BCUT2D eigenvalue weighted by Gasteiger charge is 2.19. The van der Waals surface area contributed by atoms with Crippen molar-refractivity contribution < 1.29 is 14.3 Å². The lowest BCUT2D eigenvalue weighted by atomic mass is 10.2. The van der Waals surface area contributed by atoms with Gasteiger partial charge in [-0.25, -0.2) is 0 Å². The van der Waals surface area contributed by atoms with Gasteiger partial charge in [-0.2, -0.15) is 0 Å². The first-order valence-electron chi connectivity index (χ1n) is 7.31. The zero-order chi connectivity index (χ0) is 15.9. The van der Waals surface area contributed by atoms with Gasteiger partial charge in [0.25, 0.3) is 5.91 Å². The van der Waals surface area contributed by atoms with E-state index in [1.165, 1.54) is 0 Å². The van der Waals surface area contributed by atoms with E-state index in [4.69, 9.17) is 9.47 Å². The monoisotopic (exact) mass is 299 g/mol. The third kappa shape index (κ3) is 4.01. The minimum Gasteiger partial charge on any atom is -0.497 e. The topological polar surface area (TPSA) is 47.6 Å². The lowest BCUT2D eigenvalue weighted by Crippen LogP contribution is -2.32. The van der Waals surface area contributed by atoms with E-state index in [0.717, 1.165) is 17.0 Å². The van der Waals surface area contributed by atoms with Gasteiger partial charge in [0.05, 0.1) is 7.11 Å². The molecule has 0 unspecified atom stereocenters. The Morgan fingerprint density at radius 3 is 2.32 bits per heavy atom. The van der Waals surface area contributed by atoms with Crippen LogP contribution in [-0.2, 0) is 4.79 Å². The predicted octanol–water partition coefficient (Wildman–Crippen LogP) is 3.80. The number of benzene rings is 2. The number of anilines is 1. The second-order valence-corrected chi connectivity index (χ2v) is 4.99. The van der Waals surface area contributed by atoms with Gasteiger partial charge < -0.3 is 14.8 Å². The van der Waals surface area contributed by atoms with Crippen LogP contribution >= 0.6 is 0 Å². The van der Waals surface area contributed by atoms with Gasteiger partial charge in [-0.05, 0) is 49.2 Å². The summed E-state index contributed by atoms with van der Waals surface area (Å²) in [5.41, 5.74) is 1.83. The summed E-state index contributed by atoms with van der Waals surface area (Å²) in [7, 11) is 1.61. The molecule has 1 atom stereocenters. The van der Waals surface area contributed by atoms with Crippen LogP contribution in [0.15, 0.2) is 48.5 Å². The highest BCUT2D eigenvalue weighted by atomic mass is 16.5. The molecule has 4 heteroatoms. The average Bonchev–Trinajstić information content (AvgIpc) is 2.55. The Morgan fingerprint density at radius 2 is 1.73 bits per heavy atom. The molecule has 4 nitrogen and oxygen atoms in total. The molecule has 2 aromatic carbocycles. The largest absolute Gasteiger partial charge is 0.497 e. The van der Waals surface area contributed by atoms with Crippen molar-refractivity contribution in [3.05, 3.63) is 54.1 Å². The highest BCUT2D eigenvalue weighted by Crippen LogP contribution is 2.20. The van der Waals surface area contributed by atoms with E-state index >= 15 is 0 Å². The number of methoxy groups -OCH3 is 1. The minimum absolute atomic E-state index is 0.146. The number of carbonyl (C=O) groups excluding carboxylic acids is 1. The predicted molar refractivity (Wildman–Crippen MR) is 87.5 cm³/mol. The van der Waals surface area contributed by atoms with Crippen LogP contribution in [0.4, 0.5) is 5.69 Å². The summed E-state index contributed by atoms with van der Waals surface area (Å²) in [4.78, 5) is 12.4. The molecule has 22 heavy (non-hydrogen) atoms. The quantitative estimate of drug-likeness (QED) is 0.882. The number of nitrogens with one attached hydrogen (secondary N) is 1. The zero-order valence-electron chi connectivity index (χ0n) is 13.1. The van der Waals surface area contributed by atoms with Crippen molar-refractivity contribution in [2.75, 3.05) is 12.4 Å². The molecule has 1 N–H and O–H groups in total. The molecule has 0 fully saturated rings. The number of hydrogen-bond donors (Lipinski definition) is 1. The van der Waals surface area contributed by atoms with Crippen molar-refractivity contribution in [2.45, 2.75) is 26.4 Å². The first-order valence-corrected chi connectivity index (χ1v) is 7.31. The molecule has 0 spiro atoms. The number of amides is 1. The van der Waals surface area contributed by atoms with E-state index < -0.39 is 6.10 Å². The van der Waals surface area contributed by atoms with E-state index in [1.54, 1.807) is 31.4 Å². The number of aryl methyl sites for hydroxylation is 1. The summed E-state index contributed by atoms with van der Waals surface area (Å²) in [5.74, 6) is 1.25. The second-order valence-electron chi connectivity index (χ2n) is 4.99. The van der Waals surface area contributed by atoms with Crippen molar-refractivity contribution in [2.24, 2.45) is 0 Å². The molecule has 0 aliphatic rings. The molecule has 116 valence electrons. The second kappa shape index (κ2) is 7.50. The van der Waals surface area contributed by atoms with Crippen molar-refractivity contribution in [1.29, 1.82) is 0 Å². The van der Waals surface area contributed by atoms with Gasteiger partial charge in [-0.1, -0.05) is 25.1 Å². The molecule has 0 saturated heterocycles. The molecule has 1 amide bonds. The summed E-state index contributed by atoms with van der Waals surface area (Å²) in [6, 6.07) is 14.9. The Kier molecular flexibility index (Phi) is 5.42. The van der Waals surface area contributed by atoms with Crippen LogP contribution < -0.4 is 14.8 Å². The molecule has 0 heterocycles. The normalized spacial score (nSPS) is 11.6. The molecule has 0 aliphatic heterocycles. The molecule has 0 aromatic heterocycles. The molecule has 2 rings (SSSR count). The summed E-state index contributed by atoms with van der Waals surface area (Å²) >= 11 is 0. The molecule has 0 aliphatic carbocycles. The van der Waals surface area contributed by atoms with Crippen LogP contribution in [0.5, 0.6) is 11.5 Å². The standard InChI is InChI=1S/C18H21NO3/c1-4-17(22-15-11-9-14(21-3)10-12-15)18(20)19-16-8-6-5-7-13(16)2/h5-12,17H,4H2,1-3H3,(H,19,20)/t17-/m1/s1. The molecular weight excluding hydrogens is 278 g/mol. The maximum Gasteiger partial charge on any atom is 0.265 e. The van der Waals surface area contributed by atoms with E-state index in [-0.39, 0.29) is 5.91 Å². The first kappa shape index (κ1) is 15.9. The SMILES string of the molecule is CC[C@@H](Oc1ccc(OC)cc1)C(=O)Nc1ccccc1C. The van der Waals surface area contributed by atoms with E-state index in [9.17, 15) is 4.79 Å². The lowest BCUT2D eigenvalue weighted by molar-refractivity contribution is -0.122. The number of rotatable bonds is 6. The smallest absolute Gasteiger partial charge is 0.265 e. The number of hydrogen-bond acceptors (Lipinski definition) is 3. The van der Waals surface area contributed by atoms with Gasteiger partial charge in [0.2, 0.25) is 0 Å². The van der Waals surface area contributed by atoms with Crippen LogP contribution in [0.3, 0.4) is 0 Å². The number of ether oxygens (including phenoxy) is 2. The summed E-state index contributed by atoms with van der Waals surface area (Å²) in [5, 5.41) is 2.92. The van der Waals surface area contributed by atoms with Gasteiger partial charge >= 0.3 is 0 Å². The molecular formula is C18H21NO3. The fourth-order valence-electron chi connectivity index (χ4n) is 2.07. The average molecular weight is 299 g/mol. The minimum atomic E-state index is -0.534. The third-order valence-electron chi connectivity index (χ3n) is 3.40. The van der Waals surface area contributed by atoms with Gasteiger partial charge in [0, 0.05) is 5.69 Å². The van der Waals surface area contributed by atoms with Crippen LogP contribution in [0.1, 0.15) is 18.9 Å². The van der Waals surface area contributed by atoms with Gasteiger partial charge in [-0.3, -0.25) is 4.79 Å². The maximum atomic E-state index is 12.4. The Morgan fingerprint density at radius 1 is 1.09 bits per heavy atom. The van der Waals surface area contributed by atoms with E-state index in [2.05, 4.69) is 5.32 Å².